The standard InChI is InChI=1S/C18H22N2O/c1-12-6-4-5-7-15(12)10-14(3)20-18(21)17-11-16(19)9-8-13(17)2/h4-9,11,14H,10,19H2,1-3H3,(H,20,21). The second-order valence-electron chi connectivity index (χ2n) is 5.58. The van der Waals surface area contributed by atoms with Crippen molar-refractivity contribution in [2.24, 2.45) is 0 Å². The molecule has 0 aliphatic rings. The summed E-state index contributed by atoms with van der Waals surface area (Å²) in [6, 6.07) is 13.7. The highest BCUT2D eigenvalue weighted by atomic mass is 16.1. The first-order chi connectivity index (χ1) is 9.97. The number of benzene rings is 2. The van der Waals surface area contributed by atoms with Gasteiger partial charge in [0.05, 0.1) is 0 Å². The predicted octanol–water partition coefficient (Wildman–Crippen LogP) is 3.25. The predicted molar refractivity (Wildman–Crippen MR) is 87.4 cm³/mol. The van der Waals surface area contributed by atoms with E-state index in [0.717, 1.165) is 12.0 Å². The molecular weight excluding hydrogens is 260 g/mol. The Morgan fingerprint density at radius 1 is 1.14 bits per heavy atom. The Morgan fingerprint density at radius 2 is 1.86 bits per heavy atom. The molecule has 21 heavy (non-hydrogen) atoms. The fourth-order valence-electron chi connectivity index (χ4n) is 2.41. The van der Waals surface area contributed by atoms with Crippen LogP contribution in [0.2, 0.25) is 0 Å². The lowest BCUT2D eigenvalue weighted by Gasteiger charge is -2.16. The molecule has 0 saturated heterocycles. The van der Waals surface area contributed by atoms with Crippen molar-refractivity contribution in [2.75, 3.05) is 5.73 Å². The van der Waals surface area contributed by atoms with E-state index < -0.39 is 0 Å². The quantitative estimate of drug-likeness (QED) is 0.846. The third-order valence-electron chi connectivity index (χ3n) is 3.67. The summed E-state index contributed by atoms with van der Waals surface area (Å²) in [6.45, 7) is 6.03. The van der Waals surface area contributed by atoms with E-state index in [2.05, 4.69) is 24.4 Å². The first-order valence-electron chi connectivity index (χ1n) is 7.19. The van der Waals surface area contributed by atoms with Crippen LogP contribution in [0, 0.1) is 13.8 Å². The SMILES string of the molecule is Cc1ccccc1CC(C)NC(=O)c1cc(N)ccc1C. The third-order valence-corrected chi connectivity index (χ3v) is 3.67. The van der Waals surface area contributed by atoms with Crippen LogP contribution >= 0.6 is 0 Å². The van der Waals surface area contributed by atoms with Crippen LogP contribution in [0.4, 0.5) is 5.69 Å². The number of anilines is 1. The van der Waals surface area contributed by atoms with Gasteiger partial charge in [-0.25, -0.2) is 0 Å². The monoisotopic (exact) mass is 282 g/mol. The van der Waals surface area contributed by atoms with Crippen LogP contribution < -0.4 is 11.1 Å². The number of hydrogen-bond donors (Lipinski definition) is 2. The summed E-state index contributed by atoms with van der Waals surface area (Å²) in [5, 5.41) is 3.05. The largest absolute Gasteiger partial charge is 0.399 e. The van der Waals surface area contributed by atoms with E-state index in [1.54, 1.807) is 6.07 Å². The highest BCUT2D eigenvalue weighted by Crippen LogP contribution is 2.14. The lowest BCUT2D eigenvalue weighted by molar-refractivity contribution is 0.0939. The number of amides is 1. The molecule has 3 nitrogen and oxygen atoms in total. The van der Waals surface area contributed by atoms with Crippen molar-refractivity contribution < 1.29 is 4.79 Å². The molecule has 2 rings (SSSR count). The summed E-state index contributed by atoms with van der Waals surface area (Å²) < 4.78 is 0. The number of carbonyl (C=O) groups is 1. The first-order valence-corrected chi connectivity index (χ1v) is 7.19. The summed E-state index contributed by atoms with van der Waals surface area (Å²) in [6.07, 6.45) is 0.819. The number of rotatable bonds is 4. The van der Waals surface area contributed by atoms with E-state index >= 15 is 0 Å². The zero-order valence-corrected chi connectivity index (χ0v) is 12.8. The molecule has 0 bridgehead atoms. The fraction of sp³-hybridized carbons (Fsp3) is 0.278. The molecule has 110 valence electrons. The summed E-state index contributed by atoms with van der Waals surface area (Å²) in [5.74, 6) is -0.0686. The Morgan fingerprint density at radius 3 is 2.57 bits per heavy atom. The minimum Gasteiger partial charge on any atom is -0.399 e. The summed E-state index contributed by atoms with van der Waals surface area (Å²) in [4.78, 5) is 12.3. The van der Waals surface area contributed by atoms with Gasteiger partial charge in [-0.1, -0.05) is 30.3 Å². The van der Waals surface area contributed by atoms with Gasteiger partial charge in [-0.2, -0.15) is 0 Å². The zero-order chi connectivity index (χ0) is 15.4. The Kier molecular flexibility index (Phi) is 4.63. The van der Waals surface area contributed by atoms with E-state index in [1.807, 2.05) is 38.1 Å². The Balaban J connectivity index is 2.06. The van der Waals surface area contributed by atoms with E-state index in [-0.39, 0.29) is 11.9 Å². The number of carbonyl (C=O) groups excluding carboxylic acids is 1. The van der Waals surface area contributed by atoms with Crippen molar-refractivity contribution in [2.45, 2.75) is 33.2 Å². The van der Waals surface area contributed by atoms with Gasteiger partial charge in [-0.15, -0.1) is 0 Å². The molecule has 0 aliphatic carbocycles. The van der Waals surface area contributed by atoms with Gasteiger partial charge in [0, 0.05) is 17.3 Å². The molecule has 2 aromatic carbocycles. The molecule has 1 atom stereocenters. The van der Waals surface area contributed by atoms with Gasteiger partial charge in [0.25, 0.3) is 5.91 Å². The first kappa shape index (κ1) is 15.1. The van der Waals surface area contributed by atoms with E-state index in [4.69, 9.17) is 5.73 Å². The Hall–Kier alpha value is -2.29. The summed E-state index contributed by atoms with van der Waals surface area (Å²) in [7, 11) is 0. The summed E-state index contributed by atoms with van der Waals surface area (Å²) in [5.41, 5.74) is 10.5. The minimum atomic E-state index is -0.0686. The lowest BCUT2D eigenvalue weighted by Crippen LogP contribution is -2.34. The van der Waals surface area contributed by atoms with Crippen molar-refractivity contribution in [1.29, 1.82) is 0 Å². The van der Waals surface area contributed by atoms with E-state index in [0.29, 0.717) is 11.3 Å². The van der Waals surface area contributed by atoms with Gasteiger partial charge in [-0.3, -0.25) is 4.79 Å². The third kappa shape index (κ3) is 3.85. The fourth-order valence-corrected chi connectivity index (χ4v) is 2.41. The van der Waals surface area contributed by atoms with Crippen molar-refractivity contribution >= 4 is 11.6 Å². The van der Waals surface area contributed by atoms with Crippen molar-refractivity contribution in [3.63, 3.8) is 0 Å². The van der Waals surface area contributed by atoms with Crippen molar-refractivity contribution in [1.82, 2.24) is 5.32 Å². The highest BCUT2D eigenvalue weighted by Gasteiger charge is 2.13. The van der Waals surface area contributed by atoms with Gasteiger partial charge in [0.2, 0.25) is 0 Å². The molecule has 0 fully saturated rings. The average Bonchev–Trinajstić information content (AvgIpc) is 2.44. The molecule has 0 aromatic heterocycles. The molecule has 3 heteroatoms. The maximum Gasteiger partial charge on any atom is 0.251 e. The molecule has 2 aromatic rings. The Labute approximate surface area is 126 Å². The number of aryl methyl sites for hydroxylation is 2. The molecule has 0 aliphatic heterocycles. The van der Waals surface area contributed by atoms with E-state index in [1.165, 1.54) is 11.1 Å². The van der Waals surface area contributed by atoms with Crippen LogP contribution in [0.1, 0.15) is 34.0 Å². The van der Waals surface area contributed by atoms with Crippen LogP contribution in [0.15, 0.2) is 42.5 Å². The normalized spacial score (nSPS) is 12.0. The molecular formula is C18H22N2O. The zero-order valence-electron chi connectivity index (χ0n) is 12.8. The van der Waals surface area contributed by atoms with E-state index in [9.17, 15) is 4.79 Å². The molecule has 1 unspecified atom stereocenters. The second-order valence-corrected chi connectivity index (χ2v) is 5.58. The number of hydrogen-bond acceptors (Lipinski definition) is 2. The van der Waals surface area contributed by atoms with Crippen molar-refractivity contribution in [3.8, 4) is 0 Å². The van der Waals surface area contributed by atoms with Crippen LogP contribution in [0.25, 0.3) is 0 Å². The van der Waals surface area contributed by atoms with Crippen LogP contribution in [0.5, 0.6) is 0 Å². The number of nitrogens with one attached hydrogen (secondary N) is 1. The lowest BCUT2D eigenvalue weighted by atomic mass is 10.0. The van der Waals surface area contributed by atoms with Gasteiger partial charge in [-0.05, 0) is 56.0 Å². The molecule has 1 amide bonds. The maximum absolute atomic E-state index is 12.3. The van der Waals surface area contributed by atoms with Gasteiger partial charge in [0.15, 0.2) is 0 Å². The van der Waals surface area contributed by atoms with Crippen LogP contribution in [-0.4, -0.2) is 11.9 Å². The molecule has 3 N–H and O–H groups in total. The minimum absolute atomic E-state index is 0.0686. The summed E-state index contributed by atoms with van der Waals surface area (Å²) >= 11 is 0. The highest BCUT2D eigenvalue weighted by molar-refractivity contribution is 5.96. The molecule has 0 heterocycles. The van der Waals surface area contributed by atoms with Gasteiger partial charge >= 0.3 is 0 Å². The van der Waals surface area contributed by atoms with Crippen LogP contribution in [-0.2, 0) is 6.42 Å². The molecule has 0 radical (unpaired) electrons. The van der Waals surface area contributed by atoms with Gasteiger partial charge < -0.3 is 11.1 Å². The maximum atomic E-state index is 12.3. The Bertz CT molecular complexity index is 649. The number of nitrogens with two attached hydrogens (primary N) is 1. The molecule has 0 spiro atoms. The number of nitrogen functional groups attached to an aromatic ring is 1. The second kappa shape index (κ2) is 6.44. The topological polar surface area (TPSA) is 55.1 Å². The van der Waals surface area contributed by atoms with Crippen LogP contribution in [0.3, 0.4) is 0 Å². The van der Waals surface area contributed by atoms with Crippen molar-refractivity contribution in [3.05, 3.63) is 64.7 Å². The molecule has 0 saturated carbocycles. The average molecular weight is 282 g/mol. The smallest absolute Gasteiger partial charge is 0.251 e. The van der Waals surface area contributed by atoms with Gasteiger partial charge in [0.1, 0.15) is 0 Å².